The van der Waals surface area contributed by atoms with Crippen molar-refractivity contribution in [3.8, 4) is 0 Å². The van der Waals surface area contributed by atoms with Gasteiger partial charge >= 0.3 is 0 Å². The van der Waals surface area contributed by atoms with E-state index in [9.17, 15) is 0 Å². The molecule has 0 bridgehead atoms. The molecule has 106 valence electrons. The first-order chi connectivity index (χ1) is 9.86. The Balaban J connectivity index is 1.78. The van der Waals surface area contributed by atoms with E-state index in [-0.39, 0.29) is 0 Å². The summed E-state index contributed by atoms with van der Waals surface area (Å²) in [4.78, 5) is 2.56. The predicted molar refractivity (Wildman–Crippen MR) is 87.6 cm³/mol. The molecule has 3 heteroatoms. The Morgan fingerprint density at radius 2 is 2.20 bits per heavy atom. The van der Waals surface area contributed by atoms with Crippen LogP contribution >= 0.6 is 11.3 Å². The average molecular weight is 286 g/mol. The van der Waals surface area contributed by atoms with E-state index in [1.165, 1.54) is 23.2 Å². The lowest BCUT2D eigenvalue weighted by Gasteiger charge is -2.27. The van der Waals surface area contributed by atoms with E-state index >= 15 is 0 Å². The van der Waals surface area contributed by atoms with Gasteiger partial charge in [0.1, 0.15) is 0 Å². The third-order valence-corrected chi connectivity index (χ3v) is 4.83. The fraction of sp³-hybridized carbons (Fsp3) is 0.412. The van der Waals surface area contributed by atoms with Crippen molar-refractivity contribution in [2.24, 2.45) is 0 Å². The monoisotopic (exact) mass is 286 g/mol. The van der Waals surface area contributed by atoms with Crippen LogP contribution in [0, 0.1) is 0 Å². The number of para-hydroxylation sites is 1. The highest BCUT2D eigenvalue weighted by molar-refractivity contribution is 7.07. The number of hydrogen-bond donors (Lipinski definition) is 1. The standard InChI is InChI=1S/C17H22N2S/c1-2-16-12-19(9-7-14-8-10-20-13-14)17-6-4-3-5-15(17)11-18-16/h3-6,8,10,13,16,18H,2,7,9,11-12H2,1H3. The fourth-order valence-electron chi connectivity index (χ4n) is 2.84. The summed E-state index contributed by atoms with van der Waals surface area (Å²) < 4.78 is 0. The normalized spacial score (nSPS) is 18.6. The molecular weight excluding hydrogens is 264 g/mol. The molecule has 0 radical (unpaired) electrons. The number of anilines is 1. The van der Waals surface area contributed by atoms with E-state index in [0.29, 0.717) is 6.04 Å². The summed E-state index contributed by atoms with van der Waals surface area (Å²) >= 11 is 1.79. The van der Waals surface area contributed by atoms with Gasteiger partial charge in [0.15, 0.2) is 0 Å². The summed E-state index contributed by atoms with van der Waals surface area (Å²) in [6.07, 6.45) is 2.32. The average Bonchev–Trinajstić information content (AvgIpc) is 2.94. The number of rotatable bonds is 4. The Morgan fingerprint density at radius 1 is 1.30 bits per heavy atom. The van der Waals surface area contributed by atoms with Crippen LogP contribution in [0.25, 0.3) is 0 Å². The second kappa shape index (κ2) is 6.42. The van der Waals surface area contributed by atoms with E-state index in [1.54, 1.807) is 11.3 Å². The zero-order chi connectivity index (χ0) is 13.8. The molecule has 1 unspecified atom stereocenters. The van der Waals surface area contributed by atoms with Crippen molar-refractivity contribution in [2.45, 2.75) is 32.4 Å². The van der Waals surface area contributed by atoms with Crippen LogP contribution < -0.4 is 10.2 Å². The van der Waals surface area contributed by atoms with Crippen LogP contribution in [0.4, 0.5) is 5.69 Å². The lowest BCUT2D eigenvalue weighted by atomic mass is 10.1. The van der Waals surface area contributed by atoms with Gasteiger partial charge in [0, 0.05) is 31.4 Å². The summed E-state index contributed by atoms with van der Waals surface area (Å²) in [5, 5.41) is 8.10. The summed E-state index contributed by atoms with van der Waals surface area (Å²) in [6.45, 7) is 5.47. The maximum absolute atomic E-state index is 3.67. The third-order valence-electron chi connectivity index (χ3n) is 4.10. The Hall–Kier alpha value is -1.32. The summed E-state index contributed by atoms with van der Waals surface area (Å²) in [7, 11) is 0. The molecular formula is C17H22N2S. The largest absolute Gasteiger partial charge is 0.369 e. The minimum atomic E-state index is 0.588. The van der Waals surface area contributed by atoms with Gasteiger partial charge in [-0.05, 0) is 46.9 Å². The molecule has 2 heterocycles. The Bertz CT molecular complexity index is 536. The van der Waals surface area contributed by atoms with Crippen molar-refractivity contribution >= 4 is 17.0 Å². The van der Waals surface area contributed by atoms with Crippen LogP contribution in [0.15, 0.2) is 41.1 Å². The van der Waals surface area contributed by atoms with Crippen LogP contribution in [0.1, 0.15) is 24.5 Å². The maximum atomic E-state index is 3.67. The van der Waals surface area contributed by atoms with E-state index in [0.717, 1.165) is 26.1 Å². The molecule has 1 N–H and O–H groups in total. The molecule has 2 nitrogen and oxygen atoms in total. The molecule has 0 aliphatic carbocycles. The van der Waals surface area contributed by atoms with Crippen LogP contribution in [-0.2, 0) is 13.0 Å². The Labute approximate surface area is 125 Å². The number of hydrogen-bond acceptors (Lipinski definition) is 3. The first-order valence-corrected chi connectivity index (χ1v) is 8.38. The second-order valence-electron chi connectivity index (χ2n) is 5.44. The maximum Gasteiger partial charge on any atom is 0.0412 e. The predicted octanol–water partition coefficient (Wildman–Crippen LogP) is 3.68. The topological polar surface area (TPSA) is 15.3 Å². The van der Waals surface area contributed by atoms with Gasteiger partial charge in [0.25, 0.3) is 0 Å². The van der Waals surface area contributed by atoms with Crippen molar-refractivity contribution in [1.29, 1.82) is 0 Å². The minimum Gasteiger partial charge on any atom is -0.369 e. The van der Waals surface area contributed by atoms with Crippen LogP contribution in [-0.4, -0.2) is 19.1 Å². The summed E-state index contributed by atoms with van der Waals surface area (Å²) in [6, 6.07) is 11.6. The van der Waals surface area contributed by atoms with Crippen molar-refractivity contribution in [3.05, 3.63) is 52.2 Å². The van der Waals surface area contributed by atoms with Crippen LogP contribution in [0.5, 0.6) is 0 Å². The van der Waals surface area contributed by atoms with Gasteiger partial charge in [0.05, 0.1) is 0 Å². The number of nitrogens with one attached hydrogen (secondary N) is 1. The molecule has 2 aromatic rings. The molecule has 0 saturated heterocycles. The molecule has 1 aliphatic heterocycles. The lowest BCUT2D eigenvalue weighted by Crippen LogP contribution is -2.38. The van der Waals surface area contributed by atoms with E-state index in [4.69, 9.17) is 0 Å². The third kappa shape index (κ3) is 3.05. The summed E-state index contributed by atoms with van der Waals surface area (Å²) in [5.41, 5.74) is 4.29. The molecule has 0 saturated carbocycles. The molecule has 1 aromatic heterocycles. The Morgan fingerprint density at radius 3 is 3.00 bits per heavy atom. The lowest BCUT2D eigenvalue weighted by molar-refractivity contribution is 0.503. The van der Waals surface area contributed by atoms with Gasteiger partial charge in [-0.25, -0.2) is 0 Å². The van der Waals surface area contributed by atoms with Gasteiger partial charge in [-0.15, -0.1) is 0 Å². The number of benzene rings is 1. The highest BCUT2D eigenvalue weighted by Gasteiger charge is 2.19. The van der Waals surface area contributed by atoms with Gasteiger partial charge in [-0.1, -0.05) is 25.1 Å². The van der Waals surface area contributed by atoms with E-state index in [1.807, 2.05) is 0 Å². The summed E-state index contributed by atoms with van der Waals surface area (Å²) in [5.74, 6) is 0. The number of fused-ring (bicyclic) bond motifs is 1. The van der Waals surface area contributed by atoms with Gasteiger partial charge in [0.2, 0.25) is 0 Å². The molecule has 3 rings (SSSR count). The highest BCUT2D eigenvalue weighted by Crippen LogP contribution is 2.24. The zero-order valence-electron chi connectivity index (χ0n) is 12.0. The van der Waals surface area contributed by atoms with Crippen LogP contribution in [0.2, 0.25) is 0 Å². The van der Waals surface area contributed by atoms with Gasteiger partial charge in [-0.3, -0.25) is 0 Å². The molecule has 0 fully saturated rings. The quantitative estimate of drug-likeness (QED) is 0.922. The van der Waals surface area contributed by atoms with Crippen LogP contribution in [0.3, 0.4) is 0 Å². The van der Waals surface area contributed by atoms with Crippen molar-refractivity contribution in [2.75, 3.05) is 18.0 Å². The van der Waals surface area contributed by atoms with Gasteiger partial charge < -0.3 is 10.2 Å². The highest BCUT2D eigenvalue weighted by atomic mass is 32.1. The molecule has 1 atom stereocenters. The molecule has 1 aromatic carbocycles. The number of nitrogens with zero attached hydrogens (tertiary/aromatic N) is 1. The molecule has 1 aliphatic rings. The van der Waals surface area contributed by atoms with Crippen molar-refractivity contribution in [1.82, 2.24) is 5.32 Å². The molecule has 0 amide bonds. The first-order valence-electron chi connectivity index (χ1n) is 7.44. The smallest absolute Gasteiger partial charge is 0.0412 e. The molecule has 20 heavy (non-hydrogen) atoms. The molecule has 0 spiro atoms. The Kier molecular flexibility index (Phi) is 4.38. The van der Waals surface area contributed by atoms with Gasteiger partial charge in [-0.2, -0.15) is 11.3 Å². The first kappa shape index (κ1) is 13.7. The van der Waals surface area contributed by atoms with E-state index in [2.05, 4.69) is 58.2 Å². The SMILES string of the molecule is CCC1CN(CCc2ccsc2)c2ccccc2CN1. The zero-order valence-corrected chi connectivity index (χ0v) is 12.8. The van der Waals surface area contributed by atoms with E-state index < -0.39 is 0 Å². The fourth-order valence-corrected chi connectivity index (χ4v) is 3.54. The van der Waals surface area contributed by atoms with Crippen molar-refractivity contribution < 1.29 is 0 Å². The minimum absolute atomic E-state index is 0.588. The van der Waals surface area contributed by atoms with Crippen molar-refractivity contribution in [3.63, 3.8) is 0 Å². The second-order valence-corrected chi connectivity index (χ2v) is 6.22. The number of thiophene rings is 1.